The minimum atomic E-state index is 0.564. The Hall–Kier alpha value is -0.880. The number of aromatic nitrogens is 2. The van der Waals surface area contributed by atoms with Gasteiger partial charge in [0.05, 0.1) is 11.8 Å². The summed E-state index contributed by atoms with van der Waals surface area (Å²) in [5.74, 6) is 2.98. The molecule has 0 unspecified atom stereocenters. The van der Waals surface area contributed by atoms with Crippen LogP contribution in [-0.2, 0) is 0 Å². The summed E-state index contributed by atoms with van der Waals surface area (Å²) in [7, 11) is 0. The van der Waals surface area contributed by atoms with Crippen LogP contribution in [0.5, 0.6) is 0 Å². The second kappa shape index (κ2) is 4.09. The highest BCUT2D eigenvalue weighted by molar-refractivity contribution is 8.04. The van der Waals surface area contributed by atoms with Gasteiger partial charge in [-0.3, -0.25) is 5.10 Å². The monoisotopic (exact) mass is 166 g/mol. The van der Waals surface area contributed by atoms with Gasteiger partial charge in [0, 0.05) is 11.4 Å². The summed E-state index contributed by atoms with van der Waals surface area (Å²) >= 11 is 1.63. The minimum absolute atomic E-state index is 0.564. The van der Waals surface area contributed by atoms with Crippen molar-refractivity contribution in [2.24, 2.45) is 0 Å². The molecule has 0 amide bonds. The van der Waals surface area contributed by atoms with Gasteiger partial charge in [-0.25, -0.2) is 0 Å². The number of nitrogens with zero attached hydrogens (tertiary/aromatic N) is 1. The summed E-state index contributed by atoms with van der Waals surface area (Å²) in [6, 6.07) is 0. The summed E-state index contributed by atoms with van der Waals surface area (Å²) < 4.78 is 0. The van der Waals surface area contributed by atoms with Gasteiger partial charge in [0.2, 0.25) is 0 Å². The average molecular weight is 166 g/mol. The van der Waals surface area contributed by atoms with E-state index in [0.717, 1.165) is 5.56 Å². The predicted octanol–water partition coefficient (Wildman–Crippen LogP) is 1.86. The molecule has 1 rings (SSSR count). The van der Waals surface area contributed by atoms with Crippen LogP contribution in [-0.4, -0.2) is 15.4 Å². The third kappa shape index (κ3) is 3.15. The SMILES string of the molecule is CC(C)SC#Cc1cn[nH]c1. The Morgan fingerprint density at radius 3 is 3.00 bits per heavy atom. The molecule has 1 aromatic heterocycles. The second-order valence-corrected chi connectivity index (χ2v) is 3.76. The number of thioether (sulfide) groups is 1. The van der Waals surface area contributed by atoms with E-state index in [2.05, 4.69) is 35.2 Å². The molecule has 1 aromatic rings. The molecule has 1 heterocycles. The van der Waals surface area contributed by atoms with Crippen LogP contribution in [0.4, 0.5) is 0 Å². The van der Waals surface area contributed by atoms with Crippen LogP contribution in [0.25, 0.3) is 0 Å². The number of rotatable bonds is 1. The topological polar surface area (TPSA) is 28.7 Å². The number of hydrogen-bond acceptors (Lipinski definition) is 2. The van der Waals surface area contributed by atoms with Crippen molar-refractivity contribution in [2.45, 2.75) is 19.1 Å². The molecular weight excluding hydrogens is 156 g/mol. The van der Waals surface area contributed by atoms with Crippen molar-refractivity contribution in [1.29, 1.82) is 0 Å². The number of aromatic amines is 1. The van der Waals surface area contributed by atoms with Gasteiger partial charge in [-0.05, 0) is 5.25 Å². The Morgan fingerprint density at radius 2 is 2.45 bits per heavy atom. The molecule has 1 N–H and O–H groups in total. The van der Waals surface area contributed by atoms with Crippen LogP contribution >= 0.6 is 11.8 Å². The third-order valence-corrected chi connectivity index (χ3v) is 1.68. The zero-order valence-corrected chi connectivity index (χ0v) is 7.40. The Kier molecular flexibility index (Phi) is 3.06. The number of hydrogen-bond donors (Lipinski definition) is 1. The fourth-order valence-electron chi connectivity index (χ4n) is 0.525. The lowest BCUT2D eigenvalue weighted by atomic mass is 10.4. The Balaban J connectivity index is 2.46. The fraction of sp³-hybridized carbons (Fsp3) is 0.375. The third-order valence-electron chi connectivity index (χ3n) is 0.988. The lowest BCUT2D eigenvalue weighted by Crippen LogP contribution is -1.80. The van der Waals surface area contributed by atoms with Crippen molar-refractivity contribution in [3.63, 3.8) is 0 Å². The zero-order valence-electron chi connectivity index (χ0n) is 6.59. The standard InChI is InChI=1S/C8H10N2S/c1-7(2)11-4-3-8-5-9-10-6-8/h5-7H,1-2H3,(H,9,10). The van der Waals surface area contributed by atoms with Gasteiger partial charge in [-0.1, -0.05) is 31.5 Å². The van der Waals surface area contributed by atoms with Crippen molar-refractivity contribution in [3.8, 4) is 11.2 Å². The van der Waals surface area contributed by atoms with E-state index >= 15 is 0 Å². The van der Waals surface area contributed by atoms with Crippen molar-refractivity contribution < 1.29 is 0 Å². The molecule has 0 saturated carbocycles. The highest BCUT2D eigenvalue weighted by Crippen LogP contribution is 2.06. The van der Waals surface area contributed by atoms with Gasteiger partial charge in [-0.2, -0.15) is 5.10 Å². The summed E-state index contributed by atoms with van der Waals surface area (Å²) in [5.41, 5.74) is 0.943. The molecule has 0 aliphatic carbocycles. The Labute approximate surface area is 70.8 Å². The summed E-state index contributed by atoms with van der Waals surface area (Å²) in [6.45, 7) is 4.24. The molecule has 0 radical (unpaired) electrons. The average Bonchev–Trinajstić information content (AvgIpc) is 2.39. The molecule has 3 heteroatoms. The first-order valence-corrected chi connectivity index (χ1v) is 4.32. The first-order chi connectivity index (χ1) is 5.29. The van der Waals surface area contributed by atoms with E-state index in [1.807, 2.05) is 0 Å². The molecule has 0 aliphatic rings. The van der Waals surface area contributed by atoms with Crippen molar-refractivity contribution in [2.75, 3.05) is 0 Å². The normalized spacial score (nSPS) is 9.36. The van der Waals surface area contributed by atoms with Gasteiger partial charge in [0.25, 0.3) is 0 Å². The molecule has 0 aliphatic heterocycles. The zero-order chi connectivity index (χ0) is 8.10. The van der Waals surface area contributed by atoms with Crippen molar-refractivity contribution >= 4 is 11.8 Å². The summed E-state index contributed by atoms with van der Waals surface area (Å²) in [4.78, 5) is 0. The Morgan fingerprint density at radius 1 is 1.64 bits per heavy atom. The van der Waals surface area contributed by atoms with Crippen LogP contribution in [0.1, 0.15) is 19.4 Å². The van der Waals surface area contributed by atoms with Gasteiger partial charge in [0.15, 0.2) is 0 Å². The fourth-order valence-corrected chi connectivity index (χ4v) is 0.938. The summed E-state index contributed by atoms with van der Waals surface area (Å²) in [6.07, 6.45) is 3.50. The molecule has 0 bridgehead atoms. The quantitative estimate of drug-likeness (QED) is 0.645. The predicted molar refractivity (Wildman–Crippen MR) is 48.2 cm³/mol. The number of H-pyrrole nitrogens is 1. The van der Waals surface area contributed by atoms with E-state index < -0.39 is 0 Å². The van der Waals surface area contributed by atoms with Gasteiger partial charge in [0.1, 0.15) is 0 Å². The summed E-state index contributed by atoms with van der Waals surface area (Å²) in [5, 5.41) is 10.0. The molecule has 0 spiro atoms. The van der Waals surface area contributed by atoms with E-state index in [9.17, 15) is 0 Å². The molecule has 58 valence electrons. The Bertz CT molecular complexity index is 253. The van der Waals surface area contributed by atoms with E-state index in [1.54, 1.807) is 24.2 Å². The maximum Gasteiger partial charge on any atom is 0.0644 e. The highest BCUT2D eigenvalue weighted by atomic mass is 32.2. The molecule has 11 heavy (non-hydrogen) atoms. The largest absolute Gasteiger partial charge is 0.284 e. The lowest BCUT2D eigenvalue weighted by molar-refractivity contribution is 1.09. The minimum Gasteiger partial charge on any atom is -0.284 e. The van der Waals surface area contributed by atoms with E-state index in [1.165, 1.54) is 0 Å². The van der Waals surface area contributed by atoms with Crippen molar-refractivity contribution in [1.82, 2.24) is 10.2 Å². The highest BCUT2D eigenvalue weighted by Gasteiger charge is 1.88. The first-order valence-electron chi connectivity index (χ1n) is 3.44. The molecule has 0 atom stereocenters. The maximum atomic E-state index is 3.78. The molecule has 0 saturated heterocycles. The molecule has 0 aromatic carbocycles. The first kappa shape index (κ1) is 8.22. The van der Waals surface area contributed by atoms with Crippen LogP contribution in [0, 0.1) is 11.2 Å². The van der Waals surface area contributed by atoms with Crippen LogP contribution in [0.2, 0.25) is 0 Å². The van der Waals surface area contributed by atoms with E-state index in [0.29, 0.717) is 5.25 Å². The maximum absolute atomic E-state index is 3.78. The molecular formula is C8H10N2S. The van der Waals surface area contributed by atoms with Crippen molar-refractivity contribution in [3.05, 3.63) is 18.0 Å². The number of nitrogens with one attached hydrogen (secondary N) is 1. The van der Waals surface area contributed by atoms with Crippen LogP contribution < -0.4 is 0 Å². The van der Waals surface area contributed by atoms with E-state index in [4.69, 9.17) is 0 Å². The van der Waals surface area contributed by atoms with Gasteiger partial charge >= 0.3 is 0 Å². The van der Waals surface area contributed by atoms with Gasteiger partial charge < -0.3 is 0 Å². The van der Waals surface area contributed by atoms with Gasteiger partial charge in [-0.15, -0.1) is 0 Å². The van der Waals surface area contributed by atoms with Crippen LogP contribution in [0.15, 0.2) is 12.4 Å². The molecule has 2 nitrogen and oxygen atoms in total. The molecule has 0 fully saturated rings. The smallest absolute Gasteiger partial charge is 0.0644 e. The second-order valence-electron chi connectivity index (χ2n) is 2.38. The lowest BCUT2D eigenvalue weighted by Gasteiger charge is -1.91. The van der Waals surface area contributed by atoms with Crippen LogP contribution in [0.3, 0.4) is 0 Å². The van der Waals surface area contributed by atoms with E-state index in [-0.39, 0.29) is 0 Å².